The van der Waals surface area contributed by atoms with Gasteiger partial charge in [0.15, 0.2) is 0 Å². The quantitative estimate of drug-likeness (QED) is 0.817. The van der Waals surface area contributed by atoms with Crippen LogP contribution in [0.15, 0.2) is 42.7 Å². The molecule has 130 valence electrons. The van der Waals surface area contributed by atoms with Crippen LogP contribution in [0.4, 0.5) is 0 Å². The number of rotatable bonds is 7. The molecule has 3 rings (SSSR count). The lowest BCUT2D eigenvalue weighted by atomic mass is 9.97. The number of aliphatic hydroxyl groups excluding tert-OH is 1. The van der Waals surface area contributed by atoms with Gasteiger partial charge in [0.05, 0.1) is 6.10 Å². The summed E-state index contributed by atoms with van der Waals surface area (Å²) in [4.78, 5) is 12.2. The van der Waals surface area contributed by atoms with Crippen molar-refractivity contribution in [1.82, 2.24) is 19.8 Å². The van der Waals surface area contributed by atoms with Crippen LogP contribution in [0.5, 0.6) is 0 Å². The van der Waals surface area contributed by atoms with Gasteiger partial charge < -0.3 is 10.1 Å². The van der Waals surface area contributed by atoms with Crippen LogP contribution in [-0.2, 0) is 6.54 Å². The highest BCUT2D eigenvalue weighted by Gasteiger charge is 2.24. The molecular formula is C19H28N4O. The second kappa shape index (κ2) is 8.42. The van der Waals surface area contributed by atoms with Crippen LogP contribution in [0.2, 0.25) is 0 Å². The topological polar surface area (TPSA) is 55.4 Å². The molecule has 1 aromatic carbocycles. The number of piperidine rings is 1. The Bertz CT molecular complexity index is 587. The van der Waals surface area contributed by atoms with Gasteiger partial charge in [-0.25, -0.2) is 4.98 Å². The number of aliphatic hydroxyl groups is 1. The molecule has 24 heavy (non-hydrogen) atoms. The summed E-state index contributed by atoms with van der Waals surface area (Å²) in [5, 5.41) is 10.5. The first-order valence-electron chi connectivity index (χ1n) is 8.83. The van der Waals surface area contributed by atoms with Crippen molar-refractivity contribution in [2.75, 3.05) is 33.2 Å². The second-order valence-corrected chi connectivity index (χ2v) is 6.91. The molecule has 0 spiro atoms. The van der Waals surface area contributed by atoms with Gasteiger partial charge in [0.2, 0.25) is 0 Å². The Kier molecular flexibility index (Phi) is 6.01. The number of imidazole rings is 1. The molecule has 1 aromatic heterocycles. The lowest BCUT2D eigenvalue weighted by molar-refractivity contribution is 0.0681. The zero-order valence-corrected chi connectivity index (χ0v) is 14.4. The van der Waals surface area contributed by atoms with Crippen molar-refractivity contribution in [3.8, 4) is 0 Å². The van der Waals surface area contributed by atoms with Crippen LogP contribution in [-0.4, -0.2) is 64.2 Å². The minimum absolute atomic E-state index is 0.325. The van der Waals surface area contributed by atoms with E-state index in [1.807, 2.05) is 18.5 Å². The average Bonchev–Trinajstić information content (AvgIpc) is 3.10. The summed E-state index contributed by atoms with van der Waals surface area (Å²) in [5.74, 6) is 1.54. The van der Waals surface area contributed by atoms with E-state index in [1.165, 1.54) is 12.0 Å². The average molecular weight is 328 g/mol. The van der Waals surface area contributed by atoms with E-state index in [1.54, 1.807) is 0 Å². The van der Waals surface area contributed by atoms with Crippen LogP contribution in [0.1, 0.15) is 30.1 Å². The molecule has 2 atom stereocenters. The van der Waals surface area contributed by atoms with Gasteiger partial charge in [0, 0.05) is 44.5 Å². The highest BCUT2D eigenvalue weighted by molar-refractivity contribution is 5.14. The monoisotopic (exact) mass is 328 g/mol. The molecule has 2 heterocycles. The summed E-state index contributed by atoms with van der Waals surface area (Å²) in [7, 11) is 2.07. The number of benzene rings is 1. The minimum atomic E-state index is -0.325. The van der Waals surface area contributed by atoms with Gasteiger partial charge in [-0.3, -0.25) is 9.80 Å². The Hall–Kier alpha value is -1.69. The summed E-state index contributed by atoms with van der Waals surface area (Å²) < 4.78 is 0. The van der Waals surface area contributed by atoms with Crippen LogP contribution >= 0.6 is 0 Å². The molecule has 1 saturated heterocycles. The third-order valence-electron chi connectivity index (χ3n) is 4.70. The van der Waals surface area contributed by atoms with Crippen LogP contribution in [0, 0.1) is 0 Å². The Morgan fingerprint density at radius 3 is 2.96 bits per heavy atom. The van der Waals surface area contributed by atoms with E-state index in [2.05, 4.69) is 51.1 Å². The van der Waals surface area contributed by atoms with Gasteiger partial charge in [0.1, 0.15) is 5.82 Å². The van der Waals surface area contributed by atoms with Crippen molar-refractivity contribution in [1.29, 1.82) is 0 Å². The molecule has 2 unspecified atom stereocenters. The third-order valence-corrected chi connectivity index (χ3v) is 4.70. The predicted molar refractivity (Wildman–Crippen MR) is 95.8 cm³/mol. The van der Waals surface area contributed by atoms with Crippen molar-refractivity contribution in [3.63, 3.8) is 0 Å². The molecule has 1 fully saturated rings. The van der Waals surface area contributed by atoms with E-state index in [0.717, 1.165) is 38.4 Å². The molecule has 5 heteroatoms. The molecule has 1 aliphatic heterocycles. The molecular weight excluding hydrogens is 300 g/mol. The Morgan fingerprint density at radius 2 is 2.21 bits per heavy atom. The predicted octanol–water partition coefficient (Wildman–Crippen LogP) is 2.08. The number of likely N-dealkylation sites (tertiary alicyclic amines) is 1. The zero-order valence-electron chi connectivity index (χ0n) is 14.4. The molecule has 0 aliphatic carbocycles. The summed E-state index contributed by atoms with van der Waals surface area (Å²) in [5.41, 5.74) is 1.28. The summed E-state index contributed by atoms with van der Waals surface area (Å²) in [6.07, 6.45) is 5.73. The smallest absolute Gasteiger partial charge is 0.110 e. The first-order valence-corrected chi connectivity index (χ1v) is 8.83. The highest BCUT2D eigenvalue weighted by Crippen LogP contribution is 2.24. The van der Waals surface area contributed by atoms with E-state index in [-0.39, 0.29) is 6.10 Å². The fourth-order valence-electron chi connectivity index (χ4n) is 3.62. The van der Waals surface area contributed by atoms with Gasteiger partial charge in [-0.1, -0.05) is 30.3 Å². The van der Waals surface area contributed by atoms with E-state index >= 15 is 0 Å². The number of β-amino-alcohol motifs (C(OH)–C–C–N with tert-alkyl or cyclic N) is 1. The van der Waals surface area contributed by atoms with Gasteiger partial charge in [-0.2, -0.15) is 0 Å². The van der Waals surface area contributed by atoms with E-state index in [9.17, 15) is 5.11 Å². The fraction of sp³-hybridized carbons (Fsp3) is 0.526. The standard InChI is InChI=1S/C19H28N4O/c1-22(12-16-6-3-2-4-7-16)14-18(24)15-23-11-5-8-17(13-23)19-20-9-10-21-19/h2-4,6-7,9-10,17-18,24H,5,8,11-15H2,1H3,(H,20,21). The lowest BCUT2D eigenvalue weighted by Gasteiger charge is -2.33. The van der Waals surface area contributed by atoms with E-state index < -0.39 is 0 Å². The number of H-pyrrole nitrogens is 1. The molecule has 0 bridgehead atoms. The molecule has 2 aromatic rings. The maximum atomic E-state index is 10.5. The number of aromatic amines is 1. The molecule has 0 amide bonds. The zero-order chi connectivity index (χ0) is 16.8. The van der Waals surface area contributed by atoms with Crippen molar-refractivity contribution in [2.45, 2.75) is 31.4 Å². The summed E-state index contributed by atoms with van der Waals surface area (Å²) in [6.45, 7) is 4.34. The number of hydrogen-bond acceptors (Lipinski definition) is 4. The Labute approximate surface area is 144 Å². The van der Waals surface area contributed by atoms with Crippen molar-refractivity contribution in [3.05, 3.63) is 54.1 Å². The molecule has 0 saturated carbocycles. The van der Waals surface area contributed by atoms with Crippen molar-refractivity contribution in [2.24, 2.45) is 0 Å². The van der Waals surface area contributed by atoms with Gasteiger partial charge in [-0.05, 0) is 32.0 Å². The molecule has 0 radical (unpaired) electrons. The van der Waals surface area contributed by atoms with Crippen molar-refractivity contribution >= 4 is 0 Å². The second-order valence-electron chi connectivity index (χ2n) is 6.91. The van der Waals surface area contributed by atoms with Crippen LogP contribution in [0.3, 0.4) is 0 Å². The number of aromatic nitrogens is 2. The maximum Gasteiger partial charge on any atom is 0.110 e. The largest absolute Gasteiger partial charge is 0.390 e. The number of nitrogens with one attached hydrogen (secondary N) is 1. The first-order chi connectivity index (χ1) is 11.7. The number of nitrogens with zero attached hydrogens (tertiary/aromatic N) is 3. The first kappa shape index (κ1) is 17.1. The van der Waals surface area contributed by atoms with E-state index in [0.29, 0.717) is 12.5 Å². The molecule has 1 aliphatic rings. The van der Waals surface area contributed by atoms with Crippen molar-refractivity contribution < 1.29 is 5.11 Å². The normalized spacial score (nSPS) is 20.4. The number of hydrogen-bond donors (Lipinski definition) is 2. The van der Waals surface area contributed by atoms with Crippen LogP contribution in [0.25, 0.3) is 0 Å². The van der Waals surface area contributed by atoms with Gasteiger partial charge in [-0.15, -0.1) is 0 Å². The third kappa shape index (κ3) is 4.90. The van der Waals surface area contributed by atoms with Gasteiger partial charge >= 0.3 is 0 Å². The fourth-order valence-corrected chi connectivity index (χ4v) is 3.62. The molecule has 2 N–H and O–H groups in total. The molecule has 5 nitrogen and oxygen atoms in total. The minimum Gasteiger partial charge on any atom is -0.390 e. The summed E-state index contributed by atoms with van der Waals surface area (Å²) in [6, 6.07) is 10.4. The van der Waals surface area contributed by atoms with Gasteiger partial charge in [0.25, 0.3) is 0 Å². The van der Waals surface area contributed by atoms with E-state index in [4.69, 9.17) is 0 Å². The van der Waals surface area contributed by atoms with Crippen LogP contribution < -0.4 is 0 Å². The SMILES string of the molecule is CN(Cc1ccccc1)CC(O)CN1CCCC(c2ncc[nH]2)C1. The maximum absolute atomic E-state index is 10.5. The highest BCUT2D eigenvalue weighted by atomic mass is 16.3. The Balaban J connectivity index is 1.45. The summed E-state index contributed by atoms with van der Waals surface area (Å²) >= 11 is 0. The Morgan fingerprint density at radius 1 is 1.38 bits per heavy atom. The number of likely N-dealkylation sites (N-methyl/N-ethyl adjacent to an activating group) is 1. The lowest BCUT2D eigenvalue weighted by Crippen LogP contribution is -2.43.